The van der Waals surface area contributed by atoms with Crippen LogP contribution in [0.4, 0.5) is 0 Å². The lowest BCUT2D eigenvalue weighted by atomic mass is 9.81. The Balaban J connectivity index is 2.03. The van der Waals surface area contributed by atoms with Gasteiger partial charge < -0.3 is 14.9 Å². The number of ether oxygens (including phenoxy) is 1. The van der Waals surface area contributed by atoms with Crippen LogP contribution in [0.5, 0.6) is 0 Å². The van der Waals surface area contributed by atoms with Crippen molar-refractivity contribution in [1.29, 1.82) is 0 Å². The van der Waals surface area contributed by atoms with Gasteiger partial charge in [0.2, 0.25) is 0 Å². The lowest BCUT2D eigenvalue weighted by molar-refractivity contribution is -0.143. The van der Waals surface area contributed by atoms with E-state index in [0.717, 1.165) is 24.0 Å². The summed E-state index contributed by atoms with van der Waals surface area (Å²) in [4.78, 5) is 11.8. The molecule has 0 saturated heterocycles. The van der Waals surface area contributed by atoms with Crippen molar-refractivity contribution in [1.82, 2.24) is 0 Å². The van der Waals surface area contributed by atoms with E-state index in [2.05, 4.69) is 6.58 Å². The van der Waals surface area contributed by atoms with Gasteiger partial charge in [0, 0.05) is 5.92 Å². The number of aliphatic hydroxyl groups excluding tert-OH is 2. The van der Waals surface area contributed by atoms with Gasteiger partial charge in [-0.25, -0.2) is 4.79 Å². The Morgan fingerprint density at radius 2 is 2.16 bits per heavy atom. The van der Waals surface area contributed by atoms with Crippen molar-refractivity contribution in [2.24, 2.45) is 17.8 Å². The highest BCUT2D eigenvalue weighted by Crippen LogP contribution is 2.51. The van der Waals surface area contributed by atoms with Crippen LogP contribution in [-0.4, -0.2) is 35.0 Å². The lowest BCUT2D eigenvalue weighted by Crippen LogP contribution is -2.31. The van der Waals surface area contributed by atoms with Gasteiger partial charge in [-0.15, -0.1) is 0 Å². The summed E-state index contributed by atoms with van der Waals surface area (Å²) in [7, 11) is 0. The third-order valence-corrected chi connectivity index (χ3v) is 5.13. The first-order chi connectivity index (χ1) is 9.04. The van der Waals surface area contributed by atoms with Crippen LogP contribution in [0.3, 0.4) is 0 Å². The summed E-state index contributed by atoms with van der Waals surface area (Å²) >= 11 is 0. The zero-order chi connectivity index (χ0) is 13.7. The van der Waals surface area contributed by atoms with Crippen molar-refractivity contribution in [3.8, 4) is 0 Å². The fourth-order valence-corrected chi connectivity index (χ4v) is 3.99. The summed E-state index contributed by atoms with van der Waals surface area (Å²) in [6, 6.07) is 0. The zero-order valence-electron chi connectivity index (χ0n) is 11.1. The fourth-order valence-electron chi connectivity index (χ4n) is 3.99. The van der Waals surface area contributed by atoms with Crippen molar-refractivity contribution < 1.29 is 19.7 Å². The van der Waals surface area contributed by atoms with E-state index in [4.69, 9.17) is 4.74 Å². The molecule has 2 N–H and O–H groups in total. The SMILES string of the molecule is C=C1CCC2=C(CO)C(=O)OC2C2C1CC(O)C2C. The van der Waals surface area contributed by atoms with Gasteiger partial charge >= 0.3 is 5.97 Å². The Morgan fingerprint density at radius 3 is 2.84 bits per heavy atom. The van der Waals surface area contributed by atoms with E-state index in [1.54, 1.807) is 0 Å². The number of fused-ring (bicyclic) bond motifs is 3. The molecule has 2 saturated carbocycles. The second-order valence-corrected chi connectivity index (χ2v) is 5.99. The molecule has 19 heavy (non-hydrogen) atoms. The Bertz CT molecular complexity index is 465. The number of hydrogen-bond donors (Lipinski definition) is 2. The number of carbonyl (C=O) groups excluding carboxylic acids is 1. The van der Waals surface area contributed by atoms with Crippen LogP contribution >= 0.6 is 0 Å². The third-order valence-electron chi connectivity index (χ3n) is 5.13. The van der Waals surface area contributed by atoms with E-state index in [1.807, 2.05) is 6.92 Å². The minimum Gasteiger partial charge on any atom is -0.454 e. The van der Waals surface area contributed by atoms with Gasteiger partial charge in [0.1, 0.15) is 6.10 Å². The maximum absolute atomic E-state index is 11.8. The molecule has 2 fully saturated rings. The van der Waals surface area contributed by atoms with Crippen LogP contribution in [0.15, 0.2) is 23.3 Å². The summed E-state index contributed by atoms with van der Waals surface area (Å²) in [6.07, 6.45) is 1.63. The molecule has 0 aromatic heterocycles. The first-order valence-corrected chi connectivity index (χ1v) is 6.94. The minimum atomic E-state index is -0.387. The Hall–Kier alpha value is -1.13. The van der Waals surface area contributed by atoms with Crippen molar-refractivity contribution in [3.05, 3.63) is 23.3 Å². The fraction of sp³-hybridized carbons (Fsp3) is 0.667. The summed E-state index contributed by atoms with van der Waals surface area (Å²) in [5.74, 6) is 0.0272. The molecule has 4 heteroatoms. The molecule has 0 spiro atoms. The normalized spacial score (nSPS) is 41.9. The van der Waals surface area contributed by atoms with E-state index in [9.17, 15) is 15.0 Å². The summed E-state index contributed by atoms with van der Waals surface area (Å²) in [5.41, 5.74) is 2.50. The molecule has 0 aromatic rings. The van der Waals surface area contributed by atoms with Gasteiger partial charge in [-0.1, -0.05) is 19.1 Å². The average Bonchev–Trinajstić information content (AvgIpc) is 2.80. The van der Waals surface area contributed by atoms with Gasteiger partial charge in [-0.05, 0) is 36.7 Å². The van der Waals surface area contributed by atoms with Crippen LogP contribution < -0.4 is 0 Å². The molecule has 3 rings (SSSR count). The van der Waals surface area contributed by atoms with Crippen molar-refractivity contribution >= 4 is 5.97 Å². The van der Waals surface area contributed by atoms with E-state index >= 15 is 0 Å². The van der Waals surface area contributed by atoms with E-state index < -0.39 is 0 Å². The molecule has 5 atom stereocenters. The highest BCUT2D eigenvalue weighted by molar-refractivity contribution is 5.92. The number of rotatable bonds is 1. The van der Waals surface area contributed by atoms with Gasteiger partial charge in [-0.2, -0.15) is 0 Å². The first-order valence-electron chi connectivity index (χ1n) is 6.94. The Kier molecular flexibility index (Phi) is 3.02. The predicted molar refractivity (Wildman–Crippen MR) is 69.1 cm³/mol. The van der Waals surface area contributed by atoms with E-state index in [-0.39, 0.29) is 42.5 Å². The summed E-state index contributed by atoms with van der Waals surface area (Å²) in [5, 5.41) is 19.5. The third kappa shape index (κ3) is 1.77. The highest BCUT2D eigenvalue weighted by Gasteiger charge is 2.51. The largest absolute Gasteiger partial charge is 0.454 e. The molecule has 1 heterocycles. The van der Waals surface area contributed by atoms with Crippen molar-refractivity contribution in [3.63, 3.8) is 0 Å². The number of hydrogen-bond acceptors (Lipinski definition) is 4. The smallest absolute Gasteiger partial charge is 0.337 e. The van der Waals surface area contributed by atoms with Gasteiger partial charge in [0.15, 0.2) is 0 Å². The van der Waals surface area contributed by atoms with Crippen LogP contribution in [0.25, 0.3) is 0 Å². The number of esters is 1. The molecule has 2 aliphatic carbocycles. The maximum atomic E-state index is 11.8. The molecule has 3 aliphatic rings. The first kappa shape index (κ1) is 12.9. The molecule has 0 bridgehead atoms. The quantitative estimate of drug-likeness (QED) is 0.551. The summed E-state index contributed by atoms with van der Waals surface area (Å²) in [6.45, 7) is 5.90. The lowest BCUT2D eigenvalue weighted by Gasteiger charge is -2.27. The molecule has 0 radical (unpaired) electrons. The number of aliphatic hydroxyl groups is 2. The Labute approximate surface area is 112 Å². The maximum Gasteiger partial charge on any atom is 0.337 e. The second-order valence-electron chi connectivity index (χ2n) is 5.99. The molecule has 5 unspecified atom stereocenters. The average molecular weight is 264 g/mol. The predicted octanol–water partition coefficient (Wildman–Crippen LogP) is 1.18. The Morgan fingerprint density at radius 1 is 1.42 bits per heavy atom. The van der Waals surface area contributed by atoms with E-state index in [1.165, 1.54) is 0 Å². The van der Waals surface area contributed by atoms with Crippen molar-refractivity contribution in [2.45, 2.75) is 38.4 Å². The molecule has 104 valence electrons. The van der Waals surface area contributed by atoms with Gasteiger partial charge in [0.05, 0.1) is 18.3 Å². The van der Waals surface area contributed by atoms with Gasteiger partial charge in [0.25, 0.3) is 0 Å². The molecule has 0 aromatic carbocycles. The molecule has 4 nitrogen and oxygen atoms in total. The standard InChI is InChI=1S/C15H20O4/c1-7-3-4-9-11(6-16)15(18)19-14(9)13-8(2)12(17)5-10(7)13/h8,10,12-14,16-17H,1,3-6H2,2H3. The highest BCUT2D eigenvalue weighted by atomic mass is 16.5. The minimum absolute atomic E-state index is 0.0886. The van der Waals surface area contributed by atoms with Gasteiger partial charge in [-0.3, -0.25) is 0 Å². The number of carbonyl (C=O) groups is 1. The van der Waals surface area contributed by atoms with Crippen LogP contribution in [0.1, 0.15) is 26.2 Å². The van der Waals surface area contributed by atoms with E-state index in [0.29, 0.717) is 12.0 Å². The molecular formula is C15H20O4. The molecule has 0 amide bonds. The van der Waals surface area contributed by atoms with Crippen LogP contribution in [-0.2, 0) is 9.53 Å². The summed E-state index contributed by atoms with van der Waals surface area (Å²) < 4.78 is 5.50. The monoisotopic (exact) mass is 264 g/mol. The van der Waals surface area contributed by atoms with Crippen molar-refractivity contribution in [2.75, 3.05) is 6.61 Å². The zero-order valence-corrected chi connectivity index (χ0v) is 11.1. The van der Waals surface area contributed by atoms with Crippen LogP contribution in [0, 0.1) is 17.8 Å². The van der Waals surface area contributed by atoms with Crippen LogP contribution in [0.2, 0.25) is 0 Å². The number of allylic oxidation sites excluding steroid dienone is 1. The molecule has 1 aliphatic heterocycles. The topological polar surface area (TPSA) is 66.8 Å². The molecular weight excluding hydrogens is 244 g/mol. The second kappa shape index (κ2) is 4.46.